The number of hydrogen-bond acceptors (Lipinski definition) is 18. The third kappa shape index (κ3) is 5.53. The molecule has 0 saturated carbocycles. The van der Waals surface area contributed by atoms with Gasteiger partial charge < -0.3 is 36.0 Å². The molecule has 3 saturated heterocycles. The van der Waals surface area contributed by atoms with Gasteiger partial charge in [0.25, 0.3) is 5.56 Å². The van der Waals surface area contributed by atoms with Crippen molar-refractivity contribution in [1.82, 2.24) is 43.7 Å². The van der Waals surface area contributed by atoms with Gasteiger partial charge in [0.2, 0.25) is 5.95 Å². The highest BCUT2D eigenvalue weighted by Crippen LogP contribution is 2.56. The third-order valence-electron chi connectivity index (χ3n) is 7.81. The number of phosphoric ester groups is 1. The maximum absolute atomic E-state index is 14.3. The van der Waals surface area contributed by atoms with Crippen LogP contribution in [0, 0.1) is 0 Å². The van der Waals surface area contributed by atoms with Crippen LogP contribution >= 0.6 is 15.6 Å². The van der Waals surface area contributed by atoms with Crippen LogP contribution in [0.25, 0.3) is 22.3 Å². The summed E-state index contributed by atoms with van der Waals surface area (Å²) in [4.78, 5) is 45.7. The maximum atomic E-state index is 14.3. The van der Waals surface area contributed by atoms with Crippen LogP contribution in [-0.4, -0.2) is 123 Å². The molecule has 23 nitrogen and oxygen atoms in total. The number of phosphoric acid groups is 1. The van der Waals surface area contributed by atoms with Gasteiger partial charge >= 0.3 is 15.6 Å². The van der Waals surface area contributed by atoms with Crippen LogP contribution in [0.5, 0.6) is 0 Å². The topological polar surface area (TPSA) is 313 Å². The number of rotatable bonds is 3. The number of imidazole rings is 2. The van der Waals surface area contributed by atoms with Gasteiger partial charge in [-0.2, -0.15) is 4.98 Å². The molecule has 2 bridgehead atoms. The Kier molecular flexibility index (Phi) is 7.94. The quantitative estimate of drug-likeness (QED) is 0.129. The molecule has 254 valence electrons. The fourth-order valence-electron chi connectivity index (χ4n) is 5.51. The van der Waals surface area contributed by atoms with E-state index in [0.29, 0.717) is 0 Å². The zero-order valence-corrected chi connectivity index (χ0v) is 26.2. The number of aliphatic hydroxyl groups is 2. The molecule has 4 aromatic rings. The zero-order chi connectivity index (χ0) is 33.4. The summed E-state index contributed by atoms with van der Waals surface area (Å²) in [5.74, 6) is -0.179. The van der Waals surface area contributed by atoms with E-state index in [9.17, 15) is 29.0 Å². The number of nitrogens with zero attached hydrogens (tertiary/aromatic N) is 8. The maximum Gasteiger partial charge on any atom is 0.472 e. The van der Waals surface area contributed by atoms with Gasteiger partial charge in [-0.25, -0.2) is 33.7 Å². The Morgan fingerprint density at radius 2 is 1.57 bits per heavy atom. The Morgan fingerprint density at radius 1 is 0.894 bits per heavy atom. The van der Waals surface area contributed by atoms with Gasteiger partial charge in [-0.05, 0) is 14.1 Å². The highest BCUT2D eigenvalue weighted by atomic mass is 31.2. The number of aromatic amines is 1. The number of fused-ring (bicyclic) bond motifs is 5. The molecule has 0 radical (unpaired) electrons. The number of nitrogens with two attached hydrogens (primary N) is 2. The molecule has 4 aromatic heterocycles. The van der Waals surface area contributed by atoms with Crippen molar-refractivity contribution in [3.63, 3.8) is 0 Å². The lowest BCUT2D eigenvalue weighted by Crippen LogP contribution is -2.37. The summed E-state index contributed by atoms with van der Waals surface area (Å²) in [7, 11) is -6.64. The van der Waals surface area contributed by atoms with Crippen molar-refractivity contribution in [3.8, 4) is 0 Å². The number of anilines is 2. The number of nitrogens with one attached hydrogen (secondary N) is 1. The molecule has 3 aliphatic heterocycles. The van der Waals surface area contributed by atoms with Gasteiger partial charge in [-0.1, -0.05) is 0 Å². The van der Waals surface area contributed by atoms with Crippen molar-refractivity contribution in [3.05, 3.63) is 29.3 Å². The fraction of sp³-hybridized carbons (Fsp3) is 0.545. The summed E-state index contributed by atoms with van der Waals surface area (Å²) in [5.41, 5.74) is 11.2. The summed E-state index contributed by atoms with van der Waals surface area (Å²) in [6.07, 6.45) is -8.19. The summed E-state index contributed by atoms with van der Waals surface area (Å²) in [5, 5.41) is 22.6. The molecule has 0 spiro atoms. The SMILES string of the molecule is CN(C)P1(=O)OC[C@H]2O[C@@H](n3cnc4c(N)ncnc43)[C@@H](O)C2OP(=O)(O)OC[C@H]2O[C@@H](n3cnc4c(=O)[nH]c(N)nc43)C(O1)C2O. The number of ether oxygens (including phenoxy) is 2. The van der Waals surface area contributed by atoms with Crippen LogP contribution < -0.4 is 17.0 Å². The first-order valence-corrected chi connectivity index (χ1v) is 16.8. The molecule has 7 heterocycles. The Labute approximate surface area is 262 Å². The van der Waals surface area contributed by atoms with Crippen molar-refractivity contribution < 1.29 is 51.8 Å². The summed E-state index contributed by atoms with van der Waals surface area (Å²) >= 11 is 0. The predicted molar refractivity (Wildman–Crippen MR) is 155 cm³/mol. The average molecular weight is 701 g/mol. The minimum atomic E-state index is -5.03. The summed E-state index contributed by atoms with van der Waals surface area (Å²) in [6.45, 7) is -1.38. The Bertz CT molecular complexity index is 1990. The molecule has 3 fully saturated rings. The van der Waals surface area contributed by atoms with Gasteiger partial charge in [-0.15, -0.1) is 0 Å². The number of H-pyrrole nitrogens is 1. The second-order valence-corrected chi connectivity index (χ2v) is 14.6. The lowest BCUT2D eigenvalue weighted by molar-refractivity contribution is -0.0652. The molecule has 3 aliphatic rings. The van der Waals surface area contributed by atoms with E-state index in [1.807, 2.05) is 0 Å². The van der Waals surface area contributed by atoms with Crippen LogP contribution in [-0.2, 0) is 36.7 Å². The van der Waals surface area contributed by atoms with Gasteiger partial charge in [0.05, 0.1) is 25.9 Å². The Hall–Kier alpha value is -3.44. The molecular formula is C22H29N11O12P2. The molecule has 0 amide bonds. The molecular weight excluding hydrogens is 672 g/mol. The van der Waals surface area contributed by atoms with Gasteiger partial charge in [-0.3, -0.25) is 37.0 Å². The highest BCUT2D eigenvalue weighted by Gasteiger charge is 2.54. The molecule has 47 heavy (non-hydrogen) atoms. The predicted octanol–water partition coefficient (Wildman–Crippen LogP) is -1.77. The Balaban J connectivity index is 1.24. The largest absolute Gasteiger partial charge is 0.472 e. The Morgan fingerprint density at radius 3 is 2.32 bits per heavy atom. The van der Waals surface area contributed by atoms with Crippen molar-refractivity contribution >= 4 is 49.7 Å². The van der Waals surface area contributed by atoms with E-state index in [1.54, 1.807) is 0 Å². The monoisotopic (exact) mass is 701 g/mol. The van der Waals surface area contributed by atoms with Crippen molar-refractivity contribution in [2.75, 3.05) is 38.8 Å². The lowest BCUT2D eigenvalue weighted by Gasteiger charge is -2.31. The smallest absolute Gasteiger partial charge is 0.387 e. The minimum absolute atomic E-state index is 0.0576. The van der Waals surface area contributed by atoms with Gasteiger partial charge in [0.1, 0.15) is 48.5 Å². The normalized spacial score (nSPS) is 36.7. The fourth-order valence-corrected chi connectivity index (χ4v) is 7.82. The molecule has 0 aromatic carbocycles. The highest BCUT2D eigenvalue weighted by molar-refractivity contribution is 7.51. The number of hydrogen-bond donors (Lipinski definition) is 6. The van der Waals surface area contributed by atoms with Crippen LogP contribution in [0.15, 0.2) is 23.8 Å². The second-order valence-electron chi connectivity index (χ2n) is 11.0. The number of aromatic nitrogens is 8. The summed E-state index contributed by atoms with van der Waals surface area (Å²) < 4.78 is 65.4. The second kappa shape index (κ2) is 11.6. The zero-order valence-electron chi connectivity index (χ0n) is 24.4. The van der Waals surface area contributed by atoms with E-state index in [0.717, 1.165) is 4.67 Å². The minimum Gasteiger partial charge on any atom is -0.387 e. The van der Waals surface area contributed by atoms with E-state index in [4.69, 9.17) is 39.0 Å². The van der Waals surface area contributed by atoms with E-state index in [2.05, 4.69) is 29.9 Å². The molecule has 10 atom stereocenters. The molecule has 25 heteroatoms. The van der Waals surface area contributed by atoms with E-state index >= 15 is 0 Å². The first-order valence-electron chi connectivity index (χ1n) is 13.9. The summed E-state index contributed by atoms with van der Waals surface area (Å²) in [6, 6.07) is 0. The van der Waals surface area contributed by atoms with E-state index in [-0.39, 0.29) is 34.1 Å². The van der Waals surface area contributed by atoms with Crippen LogP contribution in [0.3, 0.4) is 0 Å². The third-order valence-corrected chi connectivity index (χ3v) is 10.8. The van der Waals surface area contributed by atoms with Gasteiger partial charge in [0.15, 0.2) is 35.1 Å². The van der Waals surface area contributed by atoms with Crippen molar-refractivity contribution in [2.24, 2.45) is 0 Å². The standard InChI is InChI=1S/C22H29N11O12P2/c1-31(2)46(37)40-4-9-14(13(35)20(43-9)32-6-27-10-16(23)25-5-26-17(10)32)45-47(38,39)41-3-8-12(34)15(44-46)21(42-8)33-7-28-11-18(33)29-22(24)30-19(11)36/h5-9,12-15,20-21,34-35H,3-4H2,1-2H3,(H,38,39)(H2,23,25,26)(H3,24,29,30,36)/t8-,9-,12?,13+,14?,15?,20-,21-,46?/m1/s1. The number of aliphatic hydroxyl groups excluding tert-OH is 2. The molecule has 8 N–H and O–H groups in total. The van der Waals surface area contributed by atoms with Crippen LogP contribution in [0.1, 0.15) is 12.5 Å². The van der Waals surface area contributed by atoms with Crippen molar-refractivity contribution in [1.29, 1.82) is 0 Å². The molecule has 5 unspecified atom stereocenters. The van der Waals surface area contributed by atoms with Gasteiger partial charge in [0, 0.05) is 0 Å². The van der Waals surface area contributed by atoms with E-state index in [1.165, 1.54) is 42.2 Å². The first-order chi connectivity index (χ1) is 22.3. The van der Waals surface area contributed by atoms with E-state index < -0.39 is 83.4 Å². The molecule has 7 rings (SSSR count). The van der Waals surface area contributed by atoms with Crippen molar-refractivity contribution in [2.45, 2.75) is 49.1 Å². The number of nitrogen functional groups attached to an aromatic ring is 2. The molecule has 0 aliphatic carbocycles. The average Bonchev–Trinajstić information content (AvgIpc) is 3.76. The van der Waals surface area contributed by atoms with Crippen LogP contribution in [0.4, 0.5) is 11.8 Å². The van der Waals surface area contributed by atoms with Crippen LogP contribution in [0.2, 0.25) is 0 Å². The lowest BCUT2D eigenvalue weighted by atomic mass is 10.1. The first kappa shape index (κ1) is 32.1.